The Morgan fingerprint density at radius 3 is 2.48 bits per heavy atom. The van der Waals surface area contributed by atoms with Crippen molar-refractivity contribution in [1.29, 1.82) is 0 Å². The largest absolute Gasteiger partial charge is 0.482 e. The molecular weight excluding hydrogens is 394 g/mol. The first-order valence-corrected chi connectivity index (χ1v) is 10.9. The smallest absolute Gasteiger partial charge is 0.344 e. The van der Waals surface area contributed by atoms with E-state index in [1.165, 1.54) is 11.1 Å². The number of amides is 1. The topological polar surface area (TPSA) is 81.7 Å². The Hall–Kier alpha value is -3.15. The summed E-state index contributed by atoms with van der Waals surface area (Å²) in [6.45, 7) is 1.50. The number of rotatable bonds is 11. The van der Waals surface area contributed by atoms with Crippen molar-refractivity contribution in [2.24, 2.45) is 0 Å². The molecule has 0 spiro atoms. The first-order chi connectivity index (χ1) is 15.0. The number of hydrogen-bond acceptors (Lipinski definition) is 5. The summed E-state index contributed by atoms with van der Waals surface area (Å²) < 4.78 is 10.5. The number of ketones is 1. The molecule has 0 unspecified atom stereocenters. The fourth-order valence-electron chi connectivity index (χ4n) is 3.55. The second kappa shape index (κ2) is 11.3. The quantitative estimate of drug-likeness (QED) is 0.327. The first-order valence-electron chi connectivity index (χ1n) is 10.9. The number of Topliss-reactive ketones (excluding diaryl/α,β-unsaturated/α-hetero) is 1. The Balaban J connectivity index is 1.39. The van der Waals surface area contributed by atoms with Crippen LogP contribution < -0.4 is 10.1 Å². The van der Waals surface area contributed by atoms with Crippen LogP contribution in [0.5, 0.6) is 5.75 Å². The Kier molecular flexibility index (Phi) is 8.21. The minimum atomic E-state index is -0.593. The number of aryl methyl sites for hydroxylation is 2. The van der Waals surface area contributed by atoms with Crippen LogP contribution in [0.3, 0.4) is 0 Å². The number of unbranched alkanes of at least 4 members (excludes halogenated alkanes) is 2. The van der Waals surface area contributed by atoms with Crippen molar-refractivity contribution < 1.29 is 23.9 Å². The van der Waals surface area contributed by atoms with Gasteiger partial charge in [-0.3, -0.25) is 9.59 Å². The van der Waals surface area contributed by atoms with Gasteiger partial charge in [-0.25, -0.2) is 4.79 Å². The van der Waals surface area contributed by atoms with Crippen LogP contribution in [-0.4, -0.2) is 30.9 Å². The van der Waals surface area contributed by atoms with E-state index in [0.29, 0.717) is 23.4 Å². The molecule has 3 rings (SSSR count). The molecule has 0 saturated carbocycles. The van der Waals surface area contributed by atoms with Crippen molar-refractivity contribution in [2.75, 3.05) is 18.5 Å². The number of hydrogen-bond donors (Lipinski definition) is 1. The molecule has 2 aromatic rings. The molecule has 0 bridgehead atoms. The van der Waals surface area contributed by atoms with E-state index in [2.05, 4.69) is 12.2 Å². The van der Waals surface area contributed by atoms with E-state index in [1.807, 2.05) is 18.2 Å². The summed E-state index contributed by atoms with van der Waals surface area (Å²) in [4.78, 5) is 36.0. The third-order valence-corrected chi connectivity index (χ3v) is 5.29. The zero-order valence-corrected chi connectivity index (χ0v) is 17.9. The summed E-state index contributed by atoms with van der Waals surface area (Å²) in [5.74, 6) is -0.308. The Labute approximate surface area is 182 Å². The van der Waals surface area contributed by atoms with Gasteiger partial charge in [-0.1, -0.05) is 25.8 Å². The summed E-state index contributed by atoms with van der Waals surface area (Å²) >= 11 is 0. The average Bonchev–Trinajstić information content (AvgIpc) is 3.24. The highest BCUT2D eigenvalue weighted by Gasteiger charge is 2.14. The fraction of sp³-hybridized carbons (Fsp3) is 0.400. The summed E-state index contributed by atoms with van der Waals surface area (Å²) in [6.07, 6.45) is 6.71. The molecule has 1 aliphatic rings. The Bertz CT molecular complexity index is 920. The van der Waals surface area contributed by atoms with Gasteiger partial charge >= 0.3 is 5.97 Å². The number of benzene rings is 2. The number of esters is 1. The Morgan fingerprint density at radius 1 is 0.935 bits per heavy atom. The molecule has 1 N–H and O–H groups in total. The Morgan fingerprint density at radius 2 is 1.71 bits per heavy atom. The van der Waals surface area contributed by atoms with E-state index in [-0.39, 0.29) is 24.9 Å². The van der Waals surface area contributed by atoms with Crippen LogP contribution in [0.15, 0.2) is 42.5 Å². The highest BCUT2D eigenvalue weighted by molar-refractivity contribution is 5.98. The molecule has 6 heteroatoms. The van der Waals surface area contributed by atoms with Gasteiger partial charge in [-0.05, 0) is 73.2 Å². The first kappa shape index (κ1) is 22.5. The number of ether oxygens (including phenoxy) is 2. The number of carbonyl (C=O) groups excluding carboxylic acids is 3. The molecule has 1 amide bonds. The lowest BCUT2D eigenvalue weighted by Crippen LogP contribution is -2.19. The van der Waals surface area contributed by atoms with E-state index >= 15 is 0 Å². The van der Waals surface area contributed by atoms with Crippen LogP contribution in [0.25, 0.3) is 0 Å². The summed E-state index contributed by atoms with van der Waals surface area (Å²) in [5, 5.41) is 2.81. The van der Waals surface area contributed by atoms with E-state index in [4.69, 9.17) is 9.47 Å². The van der Waals surface area contributed by atoms with Crippen molar-refractivity contribution in [3.8, 4) is 5.75 Å². The molecule has 1 aliphatic carbocycles. The predicted molar refractivity (Wildman–Crippen MR) is 118 cm³/mol. The number of fused-ring (bicyclic) bond motifs is 1. The predicted octanol–water partition coefficient (Wildman–Crippen LogP) is 4.50. The van der Waals surface area contributed by atoms with Crippen molar-refractivity contribution in [1.82, 2.24) is 0 Å². The summed E-state index contributed by atoms with van der Waals surface area (Å²) in [7, 11) is 0. The molecule has 31 heavy (non-hydrogen) atoms. The molecule has 0 saturated heterocycles. The third-order valence-electron chi connectivity index (χ3n) is 5.29. The van der Waals surface area contributed by atoms with Gasteiger partial charge in [-0.2, -0.15) is 0 Å². The lowest BCUT2D eigenvalue weighted by Gasteiger charge is -2.09. The normalized spacial score (nSPS) is 12.2. The number of nitrogens with one attached hydrogen (secondary N) is 1. The van der Waals surface area contributed by atoms with Crippen molar-refractivity contribution in [2.45, 2.75) is 51.9 Å². The maximum Gasteiger partial charge on any atom is 0.344 e. The molecule has 0 aromatic heterocycles. The molecule has 0 aliphatic heterocycles. The number of carbonyl (C=O) groups is 3. The maximum absolute atomic E-state index is 12.3. The second-order valence-electron chi connectivity index (χ2n) is 7.74. The molecule has 0 atom stereocenters. The van der Waals surface area contributed by atoms with Gasteiger partial charge in [0.05, 0.1) is 0 Å². The zero-order valence-electron chi connectivity index (χ0n) is 17.9. The fourth-order valence-corrected chi connectivity index (χ4v) is 3.55. The van der Waals surface area contributed by atoms with Gasteiger partial charge in [-0.15, -0.1) is 0 Å². The van der Waals surface area contributed by atoms with Crippen LogP contribution in [0.1, 0.15) is 60.5 Å². The maximum atomic E-state index is 12.3. The minimum Gasteiger partial charge on any atom is -0.482 e. The highest BCUT2D eigenvalue weighted by atomic mass is 16.6. The SMILES string of the molecule is CCCCCC(=O)Nc1ccc(C(=O)COC(=O)COc2ccc3c(c2)CCC3)cc1. The monoisotopic (exact) mass is 423 g/mol. The molecule has 164 valence electrons. The lowest BCUT2D eigenvalue weighted by molar-refractivity contribution is -0.144. The van der Waals surface area contributed by atoms with Crippen LogP contribution in [0.4, 0.5) is 5.69 Å². The second-order valence-corrected chi connectivity index (χ2v) is 7.74. The van der Waals surface area contributed by atoms with Crippen LogP contribution in [0.2, 0.25) is 0 Å². The lowest BCUT2D eigenvalue weighted by atomic mass is 10.1. The van der Waals surface area contributed by atoms with E-state index in [9.17, 15) is 14.4 Å². The van der Waals surface area contributed by atoms with Gasteiger partial charge in [0, 0.05) is 17.7 Å². The van der Waals surface area contributed by atoms with Crippen molar-refractivity contribution >= 4 is 23.3 Å². The van der Waals surface area contributed by atoms with Gasteiger partial charge in [0.15, 0.2) is 19.0 Å². The van der Waals surface area contributed by atoms with Crippen LogP contribution in [-0.2, 0) is 27.2 Å². The molecular formula is C25H29NO5. The van der Waals surface area contributed by atoms with Gasteiger partial charge < -0.3 is 14.8 Å². The summed E-state index contributed by atoms with van der Waals surface area (Å²) in [6, 6.07) is 12.4. The van der Waals surface area contributed by atoms with Crippen molar-refractivity contribution in [3.63, 3.8) is 0 Å². The van der Waals surface area contributed by atoms with E-state index in [0.717, 1.165) is 38.5 Å². The summed E-state index contributed by atoms with van der Waals surface area (Å²) in [5.41, 5.74) is 3.65. The van der Waals surface area contributed by atoms with Crippen LogP contribution >= 0.6 is 0 Å². The third kappa shape index (κ3) is 6.95. The molecule has 0 heterocycles. The molecule has 6 nitrogen and oxygen atoms in total. The molecule has 2 aromatic carbocycles. The number of anilines is 1. The minimum absolute atomic E-state index is 0.0372. The molecule has 0 fully saturated rings. The van der Waals surface area contributed by atoms with E-state index in [1.54, 1.807) is 24.3 Å². The molecule has 0 radical (unpaired) electrons. The van der Waals surface area contributed by atoms with Crippen LogP contribution in [0, 0.1) is 0 Å². The van der Waals surface area contributed by atoms with E-state index < -0.39 is 5.97 Å². The standard InChI is InChI=1S/C25H29NO5/c1-2-3-4-8-24(28)26-21-12-9-19(10-13-21)23(27)16-31-25(29)17-30-22-14-11-18-6-5-7-20(18)15-22/h9-15H,2-8,16-17H2,1H3,(H,26,28). The van der Waals surface area contributed by atoms with Gasteiger partial charge in [0.2, 0.25) is 5.91 Å². The average molecular weight is 424 g/mol. The van der Waals surface area contributed by atoms with Gasteiger partial charge in [0.1, 0.15) is 5.75 Å². The zero-order chi connectivity index (χ0) is 22.1. The van der Waals surface area contributed by atoms with Gasteiger partial charge in [0.25, 0.3) is 0 Å². The highest BCUT2D eigenvalue weighted by Crippen LogP contribution is 2.26. The van der Waals surface area contributed by atoms with Crippen molar-refractivity contribution in [3.05, 3.63) is 59.2 Å².